The highest BCUT2D eigenvalue weighted by Crippen LogP contribution is 2.25. The Morgan fingerprint density at radius 1 is 1.17 bits per heavy atom. The van der Waals surface area contributed by atoms with Crippen LogP contribution in [-0.4, -0.2) is 26.3 Å². The lowest BCUT2D eigenvalue weighted by Crippen LogP contribution is -2.03. The molecule has 0 saturated carbocycles. The number of carbonyl (C=O) groups excluding carboxylic acids is 1. The molecule has 118 valence electrons. The molecule has 0 saturated heterocycles. The molecule has 0 bridgehead atoms. The maximum absolute atomic E-state index is 12.9. The van der Waals surface area contributed by atoms with Crippen LogP contribution in [0.1, 0.15) is 35.5 Å². The van der Waals surface area contributed by atoms with Crippen LogP contribution < -0.4 is 0 Å². The van der Waals surface area contributed by atoms with Crippen LogP contribution in [0.4, 0.5) is 0 Å². The van der Waals surface area contributed by atoms with Gasteiger partial charge in [-0.15, -0.1) is 11.8 Å². The molecular formula is C18H18N2O2S. The molecule has 0 radical (unpaired) electrons. The smallest absolute Gasteiger partial charge is 0.197 e. The Labute approximate surface area is 139 Å². The highest BCUT2D eigenvalue weighted by molar-refractivity contribution is 7.99. The fraction of sp³-hybridized carbons (Fsp3) is 0.222. The van der Waals surface area contributed by atoms with Gasteiger partial charge in [-0.3, -0.25) is 4.79 Å². The van der Waals surface area contributed by atoms with Crippen LogP contribution in [0.2, 0.25) is 0 Å². The van der Waals surface area contributed by atoms with Crippen LogP contribution in [-0.2, 0) is 6.42 Å². The predicted octanol–water partition coefficient (Wildman–Crippen LogP) is 3.95. The third-order valence-electron chi connectivity index (χ3n) is 3.68. The number of benzene rings is 1. The average molecular weight is 326 g/mol. The van der Waals surface area contributed by atoms with Gasteiger partial charge in [0.2, 0.25) is 0 Å². The third kappa shape index (κ3) is 2.97. The molecule has 2 heterocycles. The lowest BCUT2D eigenvalue weighted by atomic mass is 10.0. The van der Waals surface area contributed by atoms with Gasteiger partial charge in [0.05, 0.1) is 16.8 Å². The fourth-order valence-corrected chi connectivity index (χ4v) is 3.26. The number of aromatic hydroxyl groups is 1. The van der Waals surface area contributed by atoms with Crippen molar-refractivity contribution in [1.29, 1.82) is 0 Å². The van der Waals surface area contributed by atoms with Crippen LogP contribution in [0.15, 0.2) is 47.5 Å². The highest BCUT2D eigenvalue weighted by atomic mass is 32.2. The molecule has 0 unspecified atom stereocenters. The van der Waals surface area contributed by atoms with Gasteiger partial charge in [0.1, 0.15) is 5.75 Å². The van der Waals surface area contributed by atoms with Gasteiger partial charge >= 0.3 is 0 Å². The first kappa shape index (κ1) is 15.6. The van der Waals surface area contributed by atoms with Gasteiger partial charge in [0, 0.05) is 16.7 Å². The number of phenols is 1. The van der Waals surface area contributed by atoms with Crippen LogP contribution in [0.5, 0.6) is 5.75 Å². The third-order valence-corrected chi connectivity index (χ3v) is 4.54. The Bertz CT molecular complexity index is 853. The van der Waals surface area contributed by atoms with E-state index >= 15 is 0 Å². The minimum Gasteiger partial charge on any atom is -0.508 e. The molecule has 2 aromatic heterocycles. The number of aryl methyl sites for hydroxylation is 1. The van der Waals surface area contributed by atoms with Crippen molar-refractivity contribution < 1.29 is 9.90 Å². The van der Waals surface area contributed by atoms with E-state index in [1.54, 1.807) is 28.4 Å². The molecule has 3 rings (SSSR count). The Morgan fingerprint density at radius 2 is 1.91 bits per heavy atom. The quantitative estimate of drug-likeness (QED) is 0.570. The van der Waals surface area contributed by atoms with Crippen molar-refractivity contribution in [3.63, 3.8) is 0 Å². The summed E-state index contributed by atoms with van der Waals surface area (Å²) in [6.07, 6.45) is 2.66. The zero-order chi connectivity index (χ0) is 16.4. The van der Waals surface area contributed by atoms with E-state index in [9.17, 15) is 9.90 Å². The van der Waals surface area contributed by atoms with E-state index in [1.165, 1.54) is 12.1 Å². The van der Waals surface area contributed by atoms with E-state index in [0.29, 0.717) is 17.5 Å². The largest absolute Gasteiger partial charge is 0.508 e. The minimum absolute atomic E-state index is 0.0623. The number of nitrogens with zero attached hydrogens (tertiary/aromatic N) is 2. The summed E-state index contributed by atoms with van der Waals surface area (Å²) in [5.41, 5.74) is 2.81. The summed E-state index contributed by atoms with van der Waals surface area (Å²) >= 11 is 1.75. The number of pyridine rings is 1. The molecule has 1 N–H and O–H groups in total. The fourth-order valence-electron chi connectivity index (χ4n) is 2.58. The molecule has 0 spiro atoms. The molecule has 0 aliphatic rings. The molecule has 0 aliphatic heterocycles. The molecule has 0 amide bonds. The van der Waals surface area contributed by atoms with E-state index in [0.717, 1.165) is 21.9 Å². The van der Waals surface area contributed by atoms with Crippen LogP contribution in [0.3, 0.4) is 0 Å². The number of aromatic nitrogens is 2. The Morgan fingerprint density at radius 3 is 2.57 bits per heavy atom. The SMILES string of the molecule is CCSc1ccc2c(C(=O)c3ccc(O)cc3)c(CC)nn2c1. The number of ketones is 1. The van der Waals surface area contributed by atoms with E-state index in [1.807, 2.05) is 25.3 Å². The first-order valence-electron chi connectivity index (χ1n) is 7.61. The molecule has 1 aromatic carbocycles. The van der Waals surface area contributed by atoms with Crippen molar-refractivity contribution >= 4 is 23.1 Å². The van der Waals surface area contributed by atoms with Gasteiger partial charge in [-0.05, 0) is 48.6 Å². The van der Waals surface area contributed by atoms with Gasteiger partial charge in [-0.1, -0.05) is 13.8 Å². The van der Waals surface area contributed by atoms with Crippen molar-refractivity contribution in [2.75, 3.05) is 5.75 Å². The van der Waals surface area contributed by atoms with E-state index in [-0.39, 0.29) is 11.5 Å². The number of phenolic OH excluding ortho intramolecular Hbond substituents is 1. The molecule has 23 heavy (non-hydrogen) atoms. The summed E-state index contributed by atoms with van der Waals surface area (Å²) in [6.45, 7) is 4.10. The molecular weight excluding hydrogens is 308 g/mol. The van der Waals surface area contributed by atoms with Gasteiger partial charge in [-0.2, -0.15) is 5.10 Å². The second-order valence-electron chi connectivity index (χ2n) is 5.18. The predicted molar refractivity (Wildman–Crippen MR) is 92.5 cm³/mol. The summed E-state index contributed by atoms with van der Waals surface area (Å²) in [7, 11) is 0. The maximum Gasteiger partial charge on any atom is 0.197 e. The van der Waals surface area contributed by atoms with Crippen molar-refractivity contribution in [1.82, 2.24) is 9.61 Å². The van der Waals surface area contributed by atoms with Crippen molar-refractivity contribution in [3.8, 4) is 5.75 Å². The molecule has 0 atom stereocenters. The topological polar surface area (TPSA) is 54.6 Å². The number of rotatable bonds is 5. The van der Waals surface area contributed by atoms with E-state index in [4.69, 9.17) is 0 Å². The molecule has 0 aliphatic carbocycles. The van der Waals surface area contributed by atoms with Gasteiger partial charge in [0.15, 0.2) is 5.78 Å². The number of carbonyl (C=O) groups is 1. The summed E-state index contributed by atoms with van der Waals surface area (Å²) < 4.78 is 1.80. The van der Waals surface area contributed by atoms with Crippen molar-refractivity contribution in [2.45, 2.75) is 25.2 Å². The van der Waals surface area contributed by atoms with Crippen LogP contribution in [0.25, 0.3) is 5.52 Å². The standard InChI is InChI=1S/C18H18N2O2S/c1-3-15-17(18(22)12-5-7-13(21)8-6-12)16-10-9-14(23-4-2)11-20(16)19-15/h5-11,21H,3-4H2,1-2H3. The second kappa shape index (κ2) is 6.46. The van der Waals surface area contributed by atoms with E-state index < -0.39 is 0 Å². The Balaban J connectivity index is 2.11. The van der Waals surface area contributed by atoms with Gasteiger partial charge in [-0.25, -0.2) is 4.52 Å². The van der Waals surface area contributed by atoms with Crippen molar-refractivity contribution in [2.24, 2.45) is 0 Å². The minimum atomic E-state index is -0.0623. The number of hydrogen-bond donors (Lipinski definition) is 1. The zero-order valence-electron chi connectivity index (χ0n) is 13.1. The second-order valence-corrected chi connectivity index (χ2v) is 6.52. The lowest BCUT2D eigenvalue weighted by Gasteiger charge is -2.03. The summed E-state index contributed by atoms with van der Waals surface area (Å²) in [4.78, 5) is 14.0. The Kier molecular flexibility index (Phi) is 4.39. The molecule has 0 fully saturated rings. The van der Waals surface area contributed by atoms with Gasteiger partial charge in [0.25, 0.3) is 0 Å². The monoisotopic (exact) mass is 326 g/mol. The summed E-state index contributed by atoms with van der Waals surface area (Å²) in [5.74, 6) is 1.08. The van der Waals surface area contributed by atoms with Crippen LogP contribution in [0, 0.1) is 0 Å². The maximum atomic E-state index is 12.9. The van der Waals surface area contributed by atoms with Crippen molar-refractivity contribution in [3.05, 3.63) is 59.4 Å². The number of fused-ring (bicyclic) bond motifs is 1. The zero-order valence-corrected chi connectivity index (χ0v) is 13.9. The normalized spacial score (nSPS) is 11.0. The number of hydrogen-bond acceptors (Lipinski definition) is 4. The first-order valence-corrected chi connectivity index (χ1v) is 8.60. The lowest BCUT2D eigenvalue weighted by molar-refractivity contribution is 0.103. The van der Waals surface area contributed by atoms with Crippen LogP contribution >= 0.6 is 11.8 Å². The summed E-state index contributed by atoms with van der Waals surface area (Å²) in [6, 6.07) is 10.3. The van der Waals surface area contributed by atoms with Gasteiger partial charge < -0.3 is 5.11 Å². The summed E-state index contributed by atoms with van der Waals surface area (Å²) in [5, 5.41) is 14.0. The molecule has 5 heteroatoms. The van der Waals surface area contributed by atoms with E-state index in [2.05, 4.69) is 12.0 Å². The number of thioether (sulfide) groups is 1. The Hall–Kier alpha value is -2.27. The molecule has 4 nitrogen and oxygen atoms in total. The average Bonchev–Trinajstić information content (AvgIpc) is 2.93. The first-order chi connectivity index (χ1) is 11.1. The molecule has 3 aromatic rings. The highest BCUT2D eigenvalue weighted by Gasteiger charge is 2.20.